The Balaban J connectivity index is 1.70. The Labute approximate surface area is 137 Å². The van der Waals surface area contributed by atoms with Crippen molar-refractivity contribution >= 4 is 33.3 Å². The van der Waals surface area contributed by atoms with Crippen LogP contribution in [0.25, 0.3) is 0 Å². The van der Waals surface area contributed by atoms with Crippen LogP contribution in [-0.2, 0) is 0 Å². The maximum atomic E-state index is 12.2. The number of rotatable bonds is 3. The first-order valence-electron chi connectivity index (χ1n) is 7.28. The highest BCUT2D eigenvalue weighted by atomic mass is 79.9. The predicted molar refractivity (Wildman–Crippen MR) is 89.3 cm³/mol. The standard InChI is InChI=1S/C16H17BrN4O/c1-11-8-12(4-5-13(11)17)20-15-10-18-14(9-19-15)16(22)21-6-2-3-7-21/h4-5,8-10H,2-3,6-7H2,1H3,(H,19,20). The number of likely N-dealkylation sites (tertiary alicyclic amines) is 1. The number of hydrogen-bond donors (Lipinski definition) is 1. The summed E-state index contributed by atoms with van der Waals surface area (Å²) in [5.41, 5.74) is 2.48. The van der Waals surface area contributed by atoms with Crippen LogP contribution >= 0.6 is 15.9 Å². The molecule has 0 saturated carbocycles. The molecular formula is C16H17BrN4O. The van der Waals surface area contributed by atoms with Gasteiger partial charge in [-0.3, -0.25) is 4.79 Å². The minimum Gasteiger partial charge on any atom is -0.339 e. The van der Waals surface area contributed by atoms with Gasteiger partial charge in [-0.1, -0.05) is 15.9 Å². The third-order valence-electron chi connectivity index (χ3n) is 3.69. The summed E-state index contributed by atoms with van der Waals surface area (Å²) in [7, 11) is 0. The number of anilines is 2. The zero-order chi connectivity index (χ0) is 15.5. The van der Waals surface area contributed by atoms with Crippen molar-refractivity contribution in [2.24, 2.45) is 0 Å². The Bertz CT molecular complexity index is 681. The molecule has 3 rings (SSSR count). The average molecular weight is 361 g/mol. The number of carbonyl (C=O) groups is 1. The van der Waals surface area contributed by atoms with E-state index < -0.39 is 0 Å². The summed E-state index contributed by atoms with van der Waals surface area (Å²) in [4.78, 5) is 22.5. The molecular weight excluding hydrogens is 344 g/mol. The van der Waals surface area contributed by atoms with Crippen LogP contribution in [0.4, 0.5) is 11.5 Å². The largest absolute Gasteiger partial charge is 0.339 e. The van der Waals surface area contributed by atoms with Gasteiger partial charge in [0.05, 0.1) is 12.4 Å². The molecule has 1 aliphatic heterocycles. The highest BCUT2D eigenvalue weighted by Gasteiger charge is 2.20. The fourth-order valence-electron chi connectivity index (χ4n) is 2.46. The number of halogens is 1. The molecule has 0 atom stereocenters. The van der Waals surface area contributed by atoms with Gasteiger partial charge in [0.25, 0.3) is 5.91 Å². The van der Waals surface area contributed by atoms with Gasteiger partial charge in [0.2, 0.25) is 0 Å². The minimum atomic E-state index is -0.0314. The van der Waals surface area contributed by atoms with Gasteiger partial charge in [0, 0.05) is 23.2 Å². The SMILES string of the molecule is Cc1cc(Nc2cnc(C(=O)N3CCCC3)cn2)ccc1Br. The monoisotopic (exact) mass is 360 g/mol. The topological polar surface area (TPSA) is 58.1 Å². The molecule has 2 aromatic rings. The third kappa shape index (κ3) is 3.27. The number of amides is 1. The molecule has 1 aliphatic rings. The van der Waals surface area contributed by atoms with E-state index in [9.17, 15) is 4.79 Å². The predicted octanol–water partition coefficient (Wildman–Crippen LogP) is 3.53. The Hall–Kier alpha value is -1.95. The van der Waals surface area contributed by atoms with E-state index in [1.165, 1.54) is 6.20 Å². The van der Waals surface area contributed by atoms with Crippen molar-refractivity contribution in [3.8, 4) is 0 Å². The van der Waals surface area contributed by atoms with E-state index in [0.29, 0.717) is 11.5 Å². The Morgan fingerprint density at radius 3 is 2.64 bits per heavy atom. The van der Waals surface area contributed by atoms with E-state index in [0.717, 1.165) is 41.7 Å². The average Bonchev–Trinajstić information content (AvgIpc) is 3.05. The van der Waals surface area contributed by atoms with E-state index in [4.69, 9.17) is 0 Å². The molecule has 1 saturated heterocycles. The van der Waals surface area contributed by atoms with Crippen LogP contribution in [0.15, 0.2) is 35.1 Å². The van der Waals surface area contributed by atoms with Crippen LogP contribution in [0.3, 0.4) is 0 Å². The van der Waals surface area contributed by atoms with Gasteiger partial charge < -0.3 is 10.2 Å². The molecule has 1 N–H and O–H groups in total. The number of benzene rings is 1. The maximum Gasteiger partial charge on any atom is 0.274 e. The quantitative estimate of drug-likeness (QED) is 0.909. The van der Waals surface area contributed by atoms with Gasteiger partial charge in [-0.05, 0) is 43.5 Å². The summed E-state index contributed by atoms with van der Waals surface area (Å²) in [5, 5.41) is 3.19. The summed E-state index contributed by atoms with van der Waals surface area (Å²) >= 11 is 3.47. The zero-order valence-electron chi connectivity index (χ0n) is 12.3. The van der Waals surface area contributed by atoms with Crippen LogP contribution in [0.2, 0.25) is 0 Å². The van der Waals surface area contributed by atoms with Gasteiger partial charge in [0.15, 0.2) is 0 Å². The van der Waals surface area contributed by atoms with Crippen molar-refractivity contribution in [3.05, 3.63) is 46.3 Å². The van der Waals surface area contributed by atoms with Crippen LogP contribution < -0.4 is 5.32 Å². The lowest BCUT2D eigenvalue weighted by Crippen LogP contribution is -2.28. The second-order valence-corrected chi connectivity index (χ2v) is 6.23. The molecule has 0 radical (unpaired) electrons. The molecule has 1 amide bonds. The first-order chi connectivity index (χ1) is 10.6. The van der Waals surface area contributed by atoms with Crippen molar-refractivity contribution in [2.45, 2.75) is 19.8 Å². The summed E-state index contributed by atoms with van der Waals surface area (Å²) < 4.78 is 1.07. The highest BCUT2D eigenvalue weighted by Crippen LogP contribution is 2.22. The van der Waals surface area contributed by atoms with Gasteiger partial charge in [-0.25, -0.2) is 9.97 Å². The third-order valence-corrected chi connectivity index (χ3v) is 4.58. The fourth-order valence-corrected chi connectivity index (χ4v) is 2.70. The van der Waals surface area contributed by atoms with Crippen LogP contribution in [0.5, 0.6) is 0 Å². The Morgan fingerprint density at radius 1 is 1.23 bits per heavy atom. The molecule has 2 heterocycles. The van der Waals surface area contributed by atoms with E-state index >= 15 is 0 Å². The molecule has 0 unspecified atom stereocenters. The van der Waals surface area contributed by atoms with E-state index in [2.05, 4.69) is 31.2 Å². The summed E-state index contributed by atoms with van der Waals surface area (Å²) in [6.07, 6.45) is 5.28. The Morgan fingerprint density at radius 2 is 2.00 bits per heavy atom. The molecule has 6 heteroatoms. The Kier molecular flexibility index (Phi) is 4.38. The molecule has 0 aliphatic carbocycles. The number of nitrogens with zero attached hydrogens (tertiary/aromatic N) is 3. The maximum absolute atomic E-state index is 12.2. The first kappa shape index (κ1) is 15.0. The molecule has 0 bridgehead atoms. The number of aryl methyl sites for hydroxylation is 1. The van der Waals surface area contributed by atoms with E-state index in [1.54, 1.807) is 6.20 Å². The lowest BCUT2D eigenvalue weighted by atomic mass is 10.2. The van der Waals surface area contributed by atoms with Gasteiger partial charge in [-0.15, -0.1) is 0 Å². The second-order valence-electron chi connectivity index (χ2n) is 5.38. The second kappa shape index (κ2) is 6.44. The van der Waals surface area contributed by atoms with Crippen molar-refractivity contribution in [1.82, 2.24) is 14.9 Å². The van der Waals surface area contributed by atoms with Crippen LogP contribution in [0, 0.1) is 6.92 Å². The molecule has 0 spiro atoms. The summed E-state index contributed by atoms with van der Waals surface area (Å²) in [5.74, 6) is 0.593. The molecule has 22 heavy (non-hydrogen) atoms. The smallest absolute Gasteiger partial charge is 0.274 e. The normalized spacial score (nSPS) is 14.2. The van der Waals surface area contributed by atoms with Gasteiger partial charge in [0.1, 0.15) is 11.5 Å². The summed E-state index contributed by atoms with van der Waals surface area (Å²) in [6, 6.07) is 5.97. The van der Waals surface area contributed by atoms with Gasteiger partial charge in [-0.2, -0.15) is 0 Å². The zero-order valence-corrected chi connectivity index (χ0v) is 13.9. The van der Waals surface area contributed by atoms with Crippen molar-refractivity contribution < 1.29 is 4.79 Å². The molecule has 114 valence electrons. The van der Waals surface area contributed by atoms with Crippen LogP contribution in [-0.4, -0.2) is 33.9 Å². The fraction of sp³-hybridized carbons (Fsp3) is 0.312. The number of aromatic nitrogens is 2. The number of carbonyl (C=O) groups excluding carboxylic acids is 1. The highest BCUT2D eigenvalue weighted by molar-refractivity contribution is 9.10. The molecule has 1 aromatic heterocycles. The molecule has 1 fully saturated rings. The number of nitrogens with one attached hydrogen (secondary N) is 1. The first-order valence-corrected chi connectivity index (χ1v) is 8.07. The minimum absolute atomic E-state index is 0.0314. The van der Waals surface area contributed by atoms with Crippen molar-refractivity contribution in [3.63, 3.8) is 0 Å². The lowest BCUT2D eigenvalue weighted by Gasteiger charge is -2.14. The lowest BCUT2D eigenvalue weighted by molar-refractivity contribution is 0.0786. The van der Waals surface area contributed by atoms with E-state index in [-0.39, 0.29) is 5.91 Å². The molecule has 5 nitrogen and oxygen atoms in total. The molecule has 1 aromatic carbocycles. The van der Waals surface area contributed by atoms with Crippen molar-refractivity contribution in [1.29, 1.82) is 0 Å². The van der Waals surface area contributed by atoms with Crippen LogP contribution in [0.1, 0.15) is 28.9 Å². The van der Waals surface area contributed by atoms with Gasteiger partial charge >= 0.3 is 0 Å². The van der Waals surface area contributed by atoms with E-state index in [1.807, 2.05) is 30.0 Å². The number of hydrogen-bond acceptors (Lipinski definition) is 4. The van der Waals surface area contributed by atoms with Crippen molar-refractivity contribution in [2.75, 3.05) is 18.4 Å². The summed E-state index contributed by atoms with van der Waals surface area (Å²) in [6.45, 7) is 3.66.